The summed E-state index contributed by atoms with van der Waals surface area (Å²) in [5.74, 6) is 0.0770. The van der Waals surface area contributed by atoms with E-state index in [1.807, 2.05) is 40.1 Å². The maximum Gasteiger partial charge on any atom is 0.253 e. The zero-order valence-corrected chi connectivity index (χ0v) is 10.3. The van der Waals surface area contributed by atoms with Gasteiger partial charge in [-0.1, -0.05) is 18.2 Å². The van der Waals surface area contributed by atoms with Crippen molar-refractivity contribution in [1.82, 2.24) is 9.80 Å². The van der Waals surface area contributed by atoms with Crippen LogP contribution in [0.25, 0.3) is 0 Å². The largest absolute Gasteiger partial charge is 0.376 e. The third kappa shape index (κ3) is 2.74. The lowest BCUT2D eigenvalue weighted by atomic mass is 10.2. The summed E-state index contributed by atoms with van der Waals surface area (Å²) in [7, 11) is 0. The van der Waals surface area contributed by atoms with Crippen molar-refractivity contribution in [2.45, 2.75) is 0 Å². The van der Waals surface area contributed by atoms with Crippen LogP contribution in [0.4, 0.5) is 0 Å². The van der Waals surface area contributed by atoms with Gasteiger partial charge < -0.3 is 15.5 Å². The van der Waals surface area contributed by atoms with Crippen LogP contribution in [0, 0.1) is 0 Å². The predicted molar refractivity (Wildman–Crippen MR) is 70.7 cm³/mol. The van der Waals surface area contributed by atoms with Gasteiger partial charge in [0.15, 0.2) is 5.11 Å². The Hall–Kier alpha value is -1.62. The van der Waals surface area contributed by atoms with Crippen molar-refractivity contribution >= 4 is 23.2 Å². The fourth-order valence-corrected chi connectivity index (χ4v) is 2.08. The third-order valence-corrected chi connectivity index (χ3v) is 3.16. The highest BCUT2D eigenvalue weighted by Crippen LogP contribution is 2.08. The third-order valence-electron chi connectivity index (χ3n) is 2.90. The molecule has 5 heteroatoms. The lowest BCUT2D eigenvalue weighted by Gasteiger charge is -2.35. The summed E-state index contributed by atoms with van der Waals surface area (Å²) in [5, 5.41) is 0.414. The van der Waals surface area contributed by atoms with E-state index in [2.05, 4.69) is 0 Å². The average Bonchev–Trinajstić information content (AvgIpc) is 2.39. The number of thiocarbonyl (C=S) groups is 1. The van der Waals surface area contributed by atoms with Gasteiger partial charge in [0.1, 0.15) is 0 Å². The Labute approximate surface area is 106 Å². The molecule has 1 aromatic rings. The molecule has 0 spiro atoms. The lowest BCUT2D eigenvalue weighted by molar-refractivity contribution is 0.0692. The van der Waals surface area contributed by atoms with Crippen LogP contribution in [-0.4, -0.2) is 47.0 Å². The number of nitrogens with zero attached hydrogens (tertiary/aromatic N) is 2. The second-order valence-corrected chi connectivity index (χ2v) is 4.40. The van der Waals surface area contributed by atoms with Gasteiger partial charge in [-0.3, -0.25) is 4.79 Å². The van der Waals surface area contributed by atoms with E-state index < -0.39 is 0 Å². The van der Waals surface area contributed by atoms with Crippen LogP contribution in [0.2, 0.25) is 0 Å². The number of carbonyl (C=O) groups excluding carboxylic acids is 1. The highest BCUT2D eigenvalue weighted by atomic mass is 32.1. The van der Waals surface area contributed by atoms with Gasteiger partial charge in [-0.25, -0.2) is 0 Å². The molecule has 90 valence electrons. The summed E-state index contributed by atoms with van der Waals surface area (Å²) in [5.41, 5.74) is 6.29. The predicted octanol–water partition coefficient (Wildman–Crippen LogP) is 0.688. The number of nitrogens with two attached hydrogens (primary N) is 1. The molecule has 2 N–H and O–H groups in total. The van der Waals surface area contributed by atoms with E-state index in [1.54, 1.807) is 0 Å². The van der Waals surface area contributed by atoms with Gasteiger partial charge in [-0.05, 0) is 24.4 Å². The maximum absolute atomic E-state index is 12.1. The van der Waals surface area contributed by atoms with Crippen LogP contribution in [0.3, 0.4) is 0 Å². The zero-order chi connectivity index (χ0) is 12.3. The Morgan fingerprint density at radius 2 is 1.59 bits per heavy atom. The molecule has 0 aliphatic carbocycles. The number of amides is 1. The fraction of sp³-hybridized carbons (Fsp3) is 0.333. The molecular weight excluding hydrogens is 234 g/mol. The van der Waals surface area contributed by atoms with Crippen molar-refractivity contribution in [3.8, 4) is 0 Å². The molecule has 1 saturated heterocycles. The first-order valence-electron chi connectivity index (χ1n) is 5.57. The highest BCUT2D eigenvalue weighted by Gasteiger charge is 2.22. The van der Waals surface area contributed by atoms with Gasteiger partial charge in [0, 0.05) is 31.7 Å². The van der Waals surface area contributed by atoms with Crippen LogP contribution < -0.4 is 5.73 Å². The molecule has 2 rings (SSSR count). The summed E-state index contributed by atoms with van der Waals surface area (Å²) in [6.45, 7) is 2.78. The van der Waals surface area contributed by atoms with Crippen LogP contribution in [0.5, 0.6) is 0 Å². The van der Waals surface area contributed by atoms with E-state index in [0.717, 1.165) is 5.56 Å². The minimum Gasteiger partial charge on any atom is -0.376 e. The topological polar surface area (TPSA) is 49.6 Å². The molecule has 1 amide bonds. The Morgan fingerprint density at radius 3 is 2.12 bits per heavy atom. The molecule has 1 heterocycles. The molecule has 1 aromatic carbocycles. The fourth-order valence-electron chi connectivity index (χ4n) is 1.89. The van der Waals surface area contributed by atoms with Crippen molar-refractivity contribution in [3.05, 3.63) is 35.9 Å². The van der Waals surface area contributed by atoms with Crippen LogP contribution in [0.1, 0.15) is 10.4 Å². The minimum absolute atomic E-state index is 0.0770. The first kappa shape index (κ1) is 11.9. The monoisotopic (exact) mass is 249 g/mol. The smallest absolute Gasteiger partial charge is 0.253 e. The number of hydrogen-bond donors (Lipinski definition) is 1. The Kier molecular flexibility index (Phi) is 3.58. The van der Waals surface area contributed by atoms with Gasteiger partial charge in [0.05, 0.1) is 0 Å². The summed E-state index contributed by atoms with van der Waals surface area (Å²) >= 11 is 4.91. The number of benzene rings is 1. The lowest BCUT2D eigenvalue weighted by Crippen LogP contribution is -2.52. The van der Waals surface area contributed by atoms with Crippen molar-refractivity contribution in [3.63, 3.8) is 0 Å². The van der Waals surface area contributed by atoms with Gasteiger partial charge in [0.2, 0.25) is 0 Å². The highest BCUT2D eigenvalue weighted by molar-refractivity contribution is 7.80. The minimum atomic E-state index is 0.0770. The molecule has 1 aliphatic rings. The van der Waals surface area contributed by atoms with Crippen molar-refractivity contribution in [2.75, 3.05) is 26.2 Å². The molecule has 4 nitrogen and oxygen atoms in total. The zero-order valence-electron chi connectivity index (χ0n) is 9.50. The van der Waals surface area contributed by atoms with E-state index in [1.165, 1.54) is 0 Å². The average molecular weight is 249 g/mol. The quantitative estimate of drug-likeness (QED) is 0.744. The Morgan fingerprint density at radius 1 is 1.06 bits per heavy atom. The summed E-state index contributed by atoms with van der Waals surface area (Å²) in [6.07, 6.45) is 0. The van der Waals surface area contributed by atoms with Gasteiger partial charge >= 0.3 is 0 Å². The molecule has 1 aliphatic heterocycles. The molecule has 17 heavy (non-hydrogen) atoms. The van der Waals surface area contributed by atoms with Crippen LogP contribution >= 0.6 is 12.2 Å². The van der Waals surface area contributed by atoms with Crippen molar-refractivity contribution < 1.29 is 4.79 Å². The first-order chi connectivity index (χ1) is 8.18. The molecule has 1 fully saturated rings. The van der Waals surface area contributed by atoms with E-state index in [-0.39, 0.29) is 5.91 Å². The molecule has 0 atom stereocenters. The van der Waals surface area contributed by atoms with Gasteiger partial charge in [-0.15, -0.1) is 0 Å². The number of rotatable bonds is 1. The Bertz CT molecular complexity index is 413. The van der Waals surface area contributed by atoms with Gasteiger partial charge in [-0.2, -0.15) is 0 Å². The van der Waals surface area contributed by atoms with E-state index in [9.17, 15) is 4.79 Å². The summed E-state index contributed by atoms with van der Waals surface area (Å²) in [6, 6.07) is 9.32. The van der Waals surface area contributed by atoms with E-state index in [4.69, 9.17) is 18.0 Å². The SMILES string of the molecule is NC(=S)N1CCN(C(=O)c2ccccc2)CC1. The molecule has 0 radical (unpaired) electrons. The van der Waals surface area contributed by atoms with Crippen molar-refractivity contribution in [1.29, 1.82) is 0 Å². The first-order valence-corrected chi connectivity index (χ1v) is 5.98. The van der Waals surface area contributed by atoms with Gasteiger partial charge in [0.25, 0.3) is 5.91 Å². The summed E-state index contributed by atoms with van der Waals surface area (Å²) < 4.78 is 0. The summed E-state index contributed by atoms with van der Waals surface area (Å²) in [4.78, 5) is 15.9. The number of carbonyl (C=O) groups is 1. The maximum atomic E-state index is 12.1. The molecule has 0 aromatic heterocycles. The second-order valence-electron chi connectivity index (χ2n) is 3.98. The van der Waals surface area contributed by atoms with E-state index in [0.29, 0.717) is 31.3 Å². The number of hydrogen-bond acceptors (Lipinski definition) is 2. The van der Waals surface area contributed by atoms with Crippen LogP contribution in [0.15, 0.2) is 30.3 Å². The molecule has 0 saturated carbocycles. The Balaban J connectivity index is 1.98. The molecule has 0 unspecified atom stereocenters. The normalized spacial score (nSPS) is 15.8. The molecule has 0 bridgehead atoms. The van der Waals surface area contributed by atoms with Crippen molar-refractivity contribution in [2.24, 2.45) is 5.73 Å². The number of piperazine rings is 1. The van der Waals surface area contributed by atoms with E-state index >= 15 is 0 Å². The molecular formula is C12H15N3OS. The standard InChI is InChI=1S/C12H15N3OS/c13-12(17)15-8-6-14(7-9-15)11(16)10-4-2-1-3-5-10/h1-5H,6-9H2,(H2,13,17). The van der Waals surface area contributed by atoms with Crippen LogP contribution in [-0.2, 0) is 0 Å². The second kappa shape index (κ2) is 5.14.